The second-order valence-electron chi connectivity index (χ2n) is 10.9. The van der Waals surface area contributed by atoms with Gasteiger partial charge in [0.05, 0.1) is 5.52 Å². The molecule has 35 heavy (non-hydrogen) atoms. The smallest absolute Gasteiger partial charge is 0.410 e. The van der Waals surface area contributed by atoms with Crippen molar-refractivity contribution < 1.29 is 9.53 Å². The van der Waals surface area contributed by atoms with Gasteiger partial charge in [0.2, 0.25) is 0 Å². The van der Waals surface area contributed by atoms with Crippen molar-refractivity contribution in [3.05, 3.63) is 46.7 Å². The summed E-state index contributed by atoms with van der Waals surface area (Å²) in [6.07, 6.45) is 7.20. The predicted octanol–water partition coefficient (Wildman–Crippen LogP) is 6.67. The normalized spacial score (nSPS) is 17.0. The van der Waals surface area contributed by atoms with Crippen molar-refractivity contribution in [1.82, 2.24) is 19.4 Å². The number of carbonyl (C=O) groups is 1. The van der Waals surface area contributed by atoms with Crippen LogP contribution in [0, 0.1) is 5.92 Å². The van der Waals surface area contributed by atoms with Gasteiger partial charge in [-0.15, -0.1) is 0 Å². The van der Waals surface area contributed by atoms with E-state index in [4.69, 9.17) is 26.3 Å². The van der Waals surface area contributed by atoms with Gasteiger partial charge >= 0.3 is 6.09 Å². The van der Waals surface area contributed by atoms with E-state index >= 15 is 0 Å². The third-order valence-electron chi connectivity index (χ3n) is 7.18. The second-order valence-corrected chi connectivity index (χ2v) is 11.2. The number of pyridine rings is 1. The molecule has 0 radical (unpaired) electrons. The van der Waals surface area contributed by atoms with E-state index < -0.39 is 5.60 Å². The molecule has 1 aliphatic heterocycles. The Kier molecular flexibility index (Phi) is 6.75. The topological polar surface area (TPSA) is 60.2 Å². The van der Waals surface area contributed by atoms with Crippen LogP contribution >= 0.6 is 11.6 Å². The lowest BCUT2D eigenvalue weighted by atomic mass is 9.93. The number of amides is 1. The van der Waals surface area contributed by atoms with Crippen LogP contribution in [0.4, 0.5) is 4.79 Å². The van der Waals surface area contributed by atoms with E-state index in [1.165, 1.54) is 17.5 Å². The third-order valence-corrected chi connectivity index (χ3v) is 7.44. The van der Waals surface area contributed by atoms with Crippen LogP contribution in [0.1, 0.15) is 64.1 Å². The minimum atomic E-state index is -0.459. The molecule has 0 bridgehead atoms. The fourth-order valence-corrected chi connectivity index (χ4v) is 5.64. The minimum absolute atomic E-state index is 0.198. The van der Waals surface area contributed by atoms with Crippen molar-refractivity contribution in [2.75, 3.05) is 13.1 Å². The Labute approximate surface area is 212 Å². The highest BCUT2D eigenvalue weighted by molar-refractivity contribution is 6.33. The fourth-order valence-electron chi connectivity index (χ4n) is 5.41. The second kappa shape index (κ2) is 9.81. The molecule has 0 N–H and O–H groups in total. The molecular formula is C28H35ClN4O2. The maximum absolute atomic E-state index is 12.5. The quantitative estimate of drug-likeness (QED) is 0.380. The molecule has 0 unspecified atom stereocenters. The van der Waals surface area contributed by atoms with Gasteiger partial charge in [0.1, 0.15) is 16.9 Å². The number of piperidine rings is 1. The molecule has 1 aromatic carbocycles. The number of hydrogen-bond acceptors (Lipinski definition) is 4. The summed E-state index contributed by atoms with van der Waals surface area (Å²) in [6, 6.07) is 10.4. The molecule has 1 fully saturated rings. The van der Waals surface area contributed by atoms with Gasteiger partial charge < -0.3 is 14.2 Å². The number of fused-ring (bicyclic) bond motifs is 3. The van der Waals surface area contributed by atoms with Crippen LogP contribution in [0.2, 0.25) is 5.15 Å². The summed E-state index contributed by atoms with van der Waals surface area (Å²) in [5, 5.41) is 0.516. The molecule has 1 saturated heterocycles. The molecule has 3 heterocycles. The van der Waals surface area contributed by atoms with Crippen molar-refractivity contribution in [3.8, 4) is 11.4 Å². The first-order valence-corrected chi connectivity index (χ1v) is 13.3. The number of imidazole rings is 1. The zero-order chi connectivity index (χ0) is 24.6. The summed E-state index contributed by atoms with van der Waals surface area (Å²) in [4.78, 5) is 24.1. The van der Waals surface area contributed by atoms with E-state index in [1.807, 2.05) is 31.7 Å². The summed E-state index contributed by atoms with van der Waals surface area (Å²) in [5.41, 5.74) is 5.10. The highest BCUT2D eigenvalue weighted by atomic mass is 35.5. The first-order chi connectivity index (χ1) is 16.8. The number of benzene rings is 1. The number of nitrogens with zero attached hydrogens (tertiary/aromatic N) is 4. The molecule has 0 atom stereocenters. The third kappa shape index (κ3) is 5.18. The van der Waals surface area contributed by atoms with Crippen molar-refractivity contribution in [2.24, 2.45) is 5.92 Å². The number of likely N-dealkylation sites (tertiary alicyclic amines) is 1. The minimum Gasteiger partial charge on any atom is -0.444 e. The van der Waals surface area contributed by atoms with Gasteiger partial charge in [-0.1, -0.05) is 41.9 Å². The maximum Gasteiger partial charge on any atom is 0.410 e. The van der Waals surface area contributed by atoms with Crippen molar-refractivity contribution in [2.45, 2.75) is 77.9 Å². The first kappa shape index (κ1) is 24.1. The van der Waals surface area contributed by atoms with Crippen LogP contribution in [-0.4, -0.2) is 44.2 Å². The highest BCUT2D eigenvalue weighted by Gasteiger charge is 2.28. The lowest BCUT2D eigenvalue weighted by Crippen LogP contribution is -2.41. The van der Waals surface area contributed by atoms with E-state index in [0.717, 1.165) is 80.8 Å². The maximum atomic E-state index is 12.5. The number of carbonyl (C=O) groups excluding carboxylic acids is 1. The molecule has 2 aromatic heterocycles. The Morgan fingerprint density at radius 2 is 1.80 bits per heavy atom. The van der Waals surface area contributed by atoms with E-state index in [0.29, 0.717) is 11.1 Å². The van der Waals surface area contributed by atoms with Gasteiger partial charge in [0.25, 0.3) is 0 Å². The van der Waals surface area contributed by atoms with Gasteiger partial charge in [-0.05, 0) is 77.2 Å². The van der Waals surface area contributed by atoms with E-state index in [-0.39, 0.29) is 6.09 Å². The van der Waals surface area contributed by atoms with Crippen LogP contribution in [0.5, 0.6) is 0 Å². The van der Waals surface area contributed by atoms with Crippen LogP contribution in [0.15, 0.2) is 30.3 Å². The largest absolute Gasteiger partial charge is 0.444 e. The van der Waals surface area contributed by atoms with Crippen molar-refractivity contribution >= 4 is 28.7 Å². The SMILES string of the molecule is CC(C)(C)OC(=O)N1CCC(CCn2c(-c3ccccc3)nc3c(Cl)nc4c(c32)CCCC4)CC1. The summed E-state index contributed by atoms with van der Waals surface area (Å²) >= 11 is 6.67. The monoisotopic (exact) mass is 494 g/mol. The molecule has 7 heteroatoms. The molecule has 1 amide bonds. The van der Waals surface area contributed by atoms with E-state index in [1.54, 1.807) is 0 Å². The molecule has 5 rings (SSSR count). The molecule has 2 aliphatic rings. The van der Waals surface area contributed by atoms with Crippen LogP contribution in [-0.2, 0) is 24.1 Å². The van der Waals surface area contributed by atoms with Crippen molar-refractivity contribution in [1.29, 1.82) is 0 Å². The average Bonchev–Trinajstić information content (AvgIpc) is 3.23. The number of hydrogen-bond donors (Lipinski definition) is 0. The summed E-state index contributed by atoms with van der Waals surface area (Å²) in [7, 11) is 0. The highest BCUT2D eigenvalue weighted by Crippen LogP contribution is 2.36. The zero-order valence-corrected chi connectivity index (χ0v) is 21.8. The Morgan fingerprint density at radius 1 is 1.09 bits per heavy atom. The van der Waals surface area contributed by atoms with Gasteiger partial charge in [-0.25, -0.2) is 14.8 Å². The molecule has 0 saturated carbocycles. The van der Waals surface area contributed by atoms with Crippen LogP contribution in [0.25, 0.3) is 22.4 Å². The van der Waals surface area contributed by atoms with Gasteiger partial charge in [0, 0.05) is 30.9 Å². The number of rotatable bonds is 4. The summed E-state index contributed by atoms with van der Waals surface area (Å²) < 4.78 is 7.96. The average molecular weight is 495 g/mol. The first-order valence-electron chi connectivity index (χ1n) is 12.9. The summed E-state index contributed by atoms with van der Waals surface area (Å²) in [6.45, 7) is 8.13. The molecular weight excluding hydrogens is 460 g/mol. The van der Waals surface area contributed by atoms with Gasteiger partial charge in [0.15, 0.2) is 5.15 Å². The molecule has 0 spiro atoms. The Bertz CT molecular complexity index is 1210. The zero-order valence-electron chi connectivity index (χ0n) is 21.0. The van der Waals surface area contributed by atoms with E-state index in [2.05, 4.69) is 28.8 Å². The van der Waals surface area contributed by atoms with Crippen LogP contribution in [0.3, 0.4) is 0 Å². The lowest BCUT2D eigenvalue weighted by molar-refractivity contribution is 0.0180. The van der Waals surface area contributed by atoms with Gasteiger partial charge in [-0.3, -0.25) is 0 Å². The summed E-state index contributed by atoms with van der Waals surface area (Å²) in [5.74, 6) is 1.53. The number of aromatic nitrogens is 3. The molecule has 6 nitrogen and oxygen atoms in total. The van der Waals surface area contributed by atoms with Crippen LogP contribution < -0.4 is 0 Å². The standard InChI is InChI=1S/C28H35ClN4O2/c1-28(2,3)35-27(34)32-16-13-19(14-17-32)15-18-33-24-21-11-7-8-12-22(21)30-25(29)23(24)31-26(33)20-9-5-4-6-10-20/h4-6,9-10,19H,7-8,11-18H2,1-3H3. The number of ether oxygens (including phenoxy) is 1. The van der Waals surface area contributed by atoms with E-state index in [9.17, 15) is 4.79 Å². The lowest BCUT2D eigenvalue weighted by Gasteiger charge is -2.33. The Morgan fingerprint density at radius 3 is 2.51 bits per heavy atom. The molecule has 3 aromatic rings. The number of halogens is 1. The fraction of sp³-hybridized carbons (Fsp3) is 0.536. The number of aryl methyl sites for hydroxylation is 3. The predicted molar refractivity (Wildman–Crippen MR) is 140 cm³/mol. The Hall–Kier alpha value is -2.60. The van der Waals surface area contributed by atoms with Gasteiger partial charge in [-0.2, -0.15) is 0 Å². The Balaban J connectivity index is 1.39. The molecule has 1 aliphatic carbocycles. The molecule has 186 valence electrons. The van der Waals surface area contributed by atoms with Crippen molar-refractivity contribution in [3.63, 3.8) is 0 Å².